The second-order valence-corrected chi connectivity index (χ2v) is 5.17. The number of imidazole rings is 1. The molecule has 0 saturated heterocycles. The zero-order valence-electron chi connectivity index (χ0n) is 9.15. The highest BCUT2D eigenvalue weighted by Gasteiger charge is 2.07. The second-order valence-electron chi connectivity index (χ2n) is 3.91. The van der Waals surface area contributed by atoms with Crippen LogP contribution < -0.4 is 0 Å². The molecule has 3 aromatic rings. The van der Waals surface area contributed by atoms with Gasteiger partial charge in [-0.3, -0.25) is 4.57 Å². The van der Waals surface area contributed by atoms with Crippen molar-refractivity contribution in [2.75, 3.05) is 0 Å². The lowest BCUT2D eigenvalue weighted by Crippen LogP contribution is -1.93. The molecule has 1 aromatic heterocycles. The largest absolute Gasteiger partial charge is 0.330 e. The highest BCUT2D eigenvalue weighted by atomic mass is 35.5. The summed E-state index contributed by atoms with van der Waals surface area (Å²) in [5, 5.41) is 1.36. The molecular formula is C13H8Cl2N2S. The van der Waals surface area contributed by atoms with Gasteiger partial charge in [0.15, 0.2) is 4.77 Å². The zero-order chi connectivity index (χ0) is 12.7. The summed E-state index contributed by atoms with van der Waals surface area (Å²) in [5.41, 5.74) is 2.82. The summed E-state index contributed by atoms with van der Waals surface area (Å²) in [6, 6.07) is 13.2. The number of hydrogen-bond acceptors (Lipinski definition) is 1. The maximum absolute atomic E-state index is 6.01. The SMILES string of the molecule is S=c1[nH]c2cc(Cl)ccc2n1-c1cccc(Cl)c1. The summed E-state index contributed by atoms with van der Waals surface area (Å²) >= 11 is 17.3. The Kier molecular flexibility index (Phi) is 2.90. The molecule has 0 saturated carbocycles. The predicted molar refractivity (Wildman–Crippen MR) is 78.5 cm³/mol. The minimum absolute atomic E-state index is 0.620. The molecule has 0 spiro atoms. The van der Waals surface area contributed by atoms with Crippen molar-refractivity contribution < 1.29 is 0 Å². The minimum atomic E-state index is 0.620. The van der Waals surface area contributed by atoms with Crippen LogP contribution in [-0.2, 0) is 0 Å². The fourth-order valence-corrected chi connectivity index (χ4v) is 2.63. The minimum Gasteiger partial charge on any atom is -0.330 e. The number of H-pyrrole nitrogens is 1. The van der Waals surface area contributed by atoms with E-state index in [0.29, 0.717) is 14.8 Å². The number of benzene rings is 2. The first kappa shape index (κ1) is 11.8. The molecule has 0 unspecified atom stereocenters. The van der Waals surface area contributed by atoms with E-state index >= 15 is 0 Å². The summed E-state index contributed by atoms with van der Waals surface area (Å²) in [5.74, 6) is 0. The van der Waals surface area contributed by atoms with Crippen LogP contribution in [0, 0.1) is 4.77 Å². The average molecular weight is 295 g/mol. The van der Waals surface area contributed by atoms with E-state index in [4.69, 9.17) is 35.4 Å². The van der Waals surface area contributed by atoms with Gasteiger partial charge in [0.05, 0.1) is 11.0 Å². The number of halogens is 2. The van der Waals surface area contributed by atoms with Crippen LogP contribution in [0.3, 0.4) is 0 Å². The molecule has 0 amide bonds. The predicted octanol–water partition coefficient (Wildman–Crippen LogP) is 4.99. The molecule has 0 fully saturated rings. The van der Waals surface area contributed by atoms with Crippen LogP contribution in [-0.4, -0.2) is 9.55 Å². The molecule has 0 atom stereocenters. The van der Waals surface area contributed by atoms with Gasteiger partial charge in [-0.1, -0.05) is 29.3 Å². The van der Waals surface area contributed by atoms with Crippen LogP contribution in [0.15, 0.2) is 42.5 Å². The Morgan fingerprint density at radius 2 is 1.78 bits per heavy atom. The number of nitrogens with one attached hydrogen (secondary N) is 1. The Bertz CT molecular complexity index is 789. The molecule has 2 aromatic carbocycles. The van der Waals surface area contributed by atoms with Crippen LogP contribution in [0.4, 0.5) is 0 Å². The van der Waals surface area contributed by atoms with Gasteiger partial charge in [0.2, 0.25) is 0 Å². The molecule has 5 heteroatoms. The van der Waals surface area contributed by atoms with Crippen molar-refractivity contribution in [1.82, 2.24) is 9.55 Å². The van der Waals surface area contributed by atoms with E-state index in [2.05, 4.69) is 4.98 Å². The fraction of sp³-hybridized carbons (Fsp3) is 0. The Morgan fingerprint density at radius 3 is 2.56 bits per heavy atom. The first-order chi connectivity index (χ1) is 8.65. The molecule has 0 radical (unpaired) electrons. The van der Waals surface area contributed by atoms with Gasteiger partial charge in [-0.05, 0) is 48.6 Å². The van der Waals surface area contributed by atoms with Crippen LogP contribution in [0.5, 0.6) is 0 Å². The van der Waals surface area contributed by atoms with Crippen molar-refractivity contribution in [3.8, 4) is 5.69 Å². The van der Waals surface area contributed by atoms with E-state index in [1.807, 2.05) is 47.0 Å². The zero-order valence-corrected chi connectivity index (χ0v) is 11.5. The molecular weight excluding hydrogens is 287 g/mol. The van der Waals surface area contributed by atoms with Crippen molar-refractivity contribution in [2.45, 2.75) is 0 Å². The summed E-state index contributed by atoms with van der Waals surface area (Å²) in [4.78, 5) is 3.14. The summed E-state index contributed by atoms with van der Waals surface area (Å²) in [6.07, 6.45) is 0. The Balaban J connectivity index is 2.35. The lowest BCUT2D eigenvalue weighted by molar-refractivity contribution is 1.07. The molecule has 0 aliphatic carbocycles. The number of hydrogen-bond donors (Lipinski definition) is 1. The van der Waals surface area contributed by atoms with Gasteiger partial charge in [0, 0.05) is 15.7 Å². The lowest BCUT2D eigenvalue weighted by atomic mass is 10.3. The van der Waals surface area contributed by atoms with E-state index in [-0.39, 0.29) is 0 Å². The van der Waals surface area contributed by atoms with Gasteiger partial charge < -0.3 is 4.98 Å². The van der Waals surface area contributed by atoms with Crippen molar-refractivity contribution in [3.63, 3.8) is 0 Å². The molecule has 0 bridgehead atoms. The normalized spacial score (nSPS) is 11.0. The molecule has 18 heavy (non-hydrogen) atoms. The van der Waals surface area contributed by atoms with Gasteiger partial charge in [-0.2, -0.15) is 0 Å². The van der Waals surface area contributed by atoms with E-state index in [9.17, 15) is 0 Å². The fourth-order valence-electron chi connectivity index (χ4n) is 1.96. The summed E-state index contributed by atoms with van der Waals surface area (Å²) < 4.78 is 2.56. The number of nitrogens with zero attached hydrogens (tertiary/aromatic N) is 1. The van der Waals surface area contributed by atoms with E-state index in [1.54, 1.807) is 0 Å². The van der Waals surface area contributed by atoms with E-state index in [0.717, 1.165) is 16.7 Å². The standard InChI is InChI=1S/C13H8Cl2N2S/c14-8-2-1-3-10(6-8)17-12-5-4-9(15)7-11(12)16-13(17)18/h1-7H,(H,16,18). The quantitative estimate of drug-likeness (QED) is 0.627. The molecule has 2 nitrogen and oxygen atoms in total. The number of aromatic amines is 1. The third-order valence-electron chi connectivity index (χ3n) is 2.71. The van der Waals surface area contributed by atoms with Crippen molar-refractivity contribution >= 4 is 46.5 Å². The van der Waals surface area contributed by atoms with Crippen molar-refractivity contribution in [3.05, 3.63) is 57.3 Å². The third kappa shape index (κ3) is 1.94. The van der Waals surface area contributed by atoms with Crippen LogP contribution >= 0.6 is 35.4 Å². The van der Waals surface area contributed by atoms with Crippen LogP contribution in [0.1, 0.15) is 0 Å². The van der Waals surface area contributed by atoms with Crippen molar-refractivity contribution in [1.29, 1.82) is 0 Å². The Morgan fingerprint density at radius 1 is 1.00 bits per heavy atom. The highest BCUT2D eigenvalue weighted by Crippen LogP contribution is 2.24. The highest BCUT2D eigenvalue weighted by molar-refractivity contribution is 7.71. The number of fused-ring (bicyclic) bond motifs is 1. The maximum Gasteiger partial charge on any atom is 0.182 e. The molecule has 1 N–H and O–H groups in total. The summed E-state index contributed by atoms with van der Waals surface area (Å²) in [7, 11) is 0. The van der Waals surface area contributed by atoms with E-state index in [1.165, 1.54) is 0 Å². The van der Waals surface area contributed by atoms with Crippen LogP contribution in [0.25, 0.3) is 16.7 Å². The van der Waals surface area contributed by atoms with E-state index < -0.39 is 0 Å². The first-order valence-electron chi connectivity index (χ1n) is 5.31. The van der Waals surface area contributed by atoms with Gasteiger partial charge in [-0.25, -0.2) is 0 Å². The third-order valence-corrected chi connectivity index (χ3v) is 3.47. The van der Waals surface area contributed by atoms with Crippen LogP contribution in [0.2, 0.25) is 10.0 Å². The topological polar surface area (TPSA) is 20.7 Å². The molecule has 0 aliphatic heterocycles. The number of rotatable bonds is 1. The Hall–Kier alpha value is -1.29. The first-order valence-corrected chi connectivity index (χ1v) is 6.48. The molecule has 90 valence electrons. The smallest absolute Gasteiger partial charge is 0.182 e. The van der Waals surface area contributed by atoms with Crippen molar-refractivity contribution in [2.24, 2.45) is 0 Å². The number of aromatic nitrogens is 2. The average Bonchev–Trinajstić information content (AvgIpc) is 2.64. The monoisotopic (exact) mass is 294 g/mol. The Labute approximate surface area is 119 Å². The second kappa shape index (κ2) is 4.43. The van der Waals surface area contributed by atoms with Gasteiger partial charge in [0.25, 0.3) is 0 Å². The maximum atomic E-state index is 6.01. The van der Waals surface area contributed by atoms with Gasteiger partial charge in [-0.15, -0.1) is 0 Å². The van der Waals surface area contributed by atoms with Gasteiger partial charge >= 0.3 is 0 Å². The molecule has 3 rings (SSSR count). The molecule has 0 aliphatic rings. The molecule has 1 heterocycles. The summed E-state index contributed by atoms with van der Waals surface area (Å²) in [6.45, 7) is 0. The lowest BCUT2D eigenvalue weighted by Gasteiger charge is -2.04. The van der Waals surface area contributed by atoms with Gasteiger partial charge in [0.1, 0.15) is 0 Å².